The Kier molecular flexibility index (Phi) is 11.1. The lowest BCUT2D eigenvalue weighted by atomic mass is 10.2. The third-order valence-corrected chi connectivity index (χ3v) is 8.29. The molecule has 0 radical (unpaired) electrons. The first kappa shape index (κ1) is 37.3. The average Bonchev–Trinajstić information content (AvgIpc) is 3.26. The van der Waals surface area contributed by atoms with Gasteiger partial charge in [0.1, 0.15) is 17.2 Å². The van der Waals surface area contributed by atoms with Crippen molar-refractivity contribution in [1.82, 2.24) is 29.9 Å². The second-order valence-corrected chi connectivity index (χ2v) is 11.7. The summed E-state index contributed by atoms with van der Waals surface area (Å²) in [5.74, 6) is 2.47. The van der Waals surface area contributed by atoms with E-state index in [2.05, 4.69) is 29.9 Å². The van der Waals surface area contributed by atoms with E-state index in [0.29, 0.717) is 66.8 Å². The second kappa shape index (κ2) is 16.9. The molecule has 0 fully saturated rings. The smallest absolute Gasteiger partial charge is 0.284 e. The van der Waals surface area contributed by atoms with Gasteiger partial charge in [-0.2, -0.15) is 15.0 Å². The molecule has 0 atom stereocenters. The van der Waals surface area contributed by atoms with Gasteiger partial charge in [-0.05, 0) is 54.6 Å². The van der Waals surface area contributed by atoms with E-state index in [1.54, 1.807) is 75.9 Å². The molecule has 57 heavy (non-hydrogen) atoms. The molecule has 0 saturated heterocycles. The lowest BCUT2D eigenvalue weighted by molar-refractivity contribution is 0.414. The largest absolute Gasteiger partial charge is 0.496 e. The Morgan fingerprint density at radius 3 is 0.965 bits per heavy atom. The van der Waals surface area contributed by atoms with Crippen LogP contribution in [0.4, 0.5) is 0 Å². The van der Waals surface area contributed by atoms with Gasteiger partial charge < -0.3 is 27.5 Å². The highest BCUT2D eigenvalue weighted by atomic mass is 16.5. The Morgan fingerprint density at radius 1 is 0.404 bits per heavy atom. The summed E-state index contributed by atoms with van der Waals surface area (Å²) in [7, 11) is 4.67. The van der Waals surface area contributed by atoms with E-state index < -0.39 is 0 Å². The number of pyridine rings is 3. The van der Waals surface area contributed by atoms with Crippen LogP contribution in [0.2, 0.25) is 0 Å². The summed E-state index contributed by atoms with van der Waals surface area (Å²) < 4.78 is 32.6. The Bertz CT molecular complexity index is 2710. The van der Waals surface area contributed by atoms with E-state index in [4.69, 9.17) is 27.5 Å². The maximum absolute atomic E-state index is 11.9. The van der Waals surface area contributed by atoms with Crippen LogP contribution in [0.5, 0.6) is 17.2 Å². The van der Waals surface area contributed by atoms with Crippen molar-refractivity contribution in [2.45, 2.75) is 0 Å². The predicted molar refractivity (Wildman–Crippen MR) is 210 cm³/mol. The van der Waals surface area contributed by atoms with E-state index in [-0.39, 0.29) is 34.3 Å². The number of methoxy groups -OCH3 is 3. The summed E-state index contributed by atoms with van der Waals surface area (Å²) >= 11 is 0. The highest BCUT2D eigenvalue weighted by Gasteiger charge is 2.15. The van der Waals surface area contributed by atoms with Crippen LogP contribution in [-0.2, 0) is 0 Å². The van der Waals surface area contributed by atoms with Crippen molar-refractivity contribution in [2.24, 2.45) is 0 Å². The average molecular weight is 763 g/mol. The van der Waals surface area contributed by atoms with Crippen LogP contribution in [0.15, 0.2) is 156 Å². The van der Waals surface area contributed by atoms with Gasteiger partial charge in [-0.25, -0.2) is 0 Å². The zero-order valence-electron chi connectivity index (χ0n) is 30.5. The van der Waals surface area contributed by atoms with Gasteiger partial charge >= 0.3 is 0 Å². The van der Waals surface area contributed by atoms with Crippen LogP contribution < -0.4 is 30.9 Å². The number of fused-ring (bicyclic) bond motifs is 3. The molecule has 0 amide bonds. The van der Waals surface area contributed by atoms with Gasteiger partial charge in [0.15, 0.2) is 16.7 Å². The summed E-state index contributed by atoms with van der Waals surface area (Å²) in [6.45, 7) is 0. The molecule has 15 nitrogen and oxygen atoms in total. The van der Waals surface area contributed by atoms with Gasteiger partial charge in [-0.3, -0.25) is 29.3 Å². The molecule has 0 bridgehead atoms. The standard InChI is InChI=1S/3C14H10N2O3/c3*1-18-11-5-3-2-4-10(11)14-16-13(17)9-6-7-15-8-12(9)19-14/h3*2-8H,1H3. The summed E-state index contributed by atoms with van der Waals surface area (Å²) in [6.07, 6.45) is 9.09. The topological polar surface area (TPSA) is 196 Å². The van der Waals surface area contributed by atoms with Crippen LogP contribution in [0, 0.1) is 0 Å². The van der Waals surface area contributed by atoms with Crippen molar-refractivity contribution >= 4 is 32.9 Å². The molecule has 3 aromatic carbocycles. The minimum Gasteiger partial charge on any atom is -0.496 e. The van der Waals surface area contributed by atoms with E-state index in [0.717, 1.165) is 0 Å². The summed E-state index contributed by atoms with van der Waals surface area (Å²) in [5, 5.41) is 1.23. The van der Waals surface area contributed by atoms with Crippen molar-refractivity contribution in [1.29, 1.82) is 0 Å². The maximum atomic E-state index is 11.9. The molecular formula is C42H30N6O9. The van der Waals surface area contributed by atoms with Crippen LogP contribution in [-0.4, -0.2) is 51.2 Å². The molecule has 15 heteroatoms. The molecule has 0 spiro atoms. The quantitative estimate of drug-likeness (QED) is 0.172. The van der Waals surface area contributed by atoms with Crippen molar-refractivity contribution in [3.05, 3.63) is 159 Å². The van der Waals surface area contributed by atoms with Crippen molar-refractivity contribution in [3.8, 4) is 51.6 Å². The Labute approximate surface area is 321 Å². The third kappa shape index (κ3) is 8.07. The monoisotopic (exact) mass is 762 g/mol. The lowest BCUT2D eigenvalue weighted by Crippen LogP contribution is -2.07. The van der Waals surface area contributed by atoms with Gasteiger partial charge in [0.2, 0.25) is 17.7 Å². The summed E-state index contributed by atoms with van der Waals surface area (Å²) in [6, 6.07) is 26.4. The summed E-state index contributed by atoms with van der Waals surface area (Å²) in [5.41, 5.74) is 2.09. The lowest BCUT2D eigenvalue weighted by Gasteiger charge is -2.06. The zero-order valence-corrected chi connectivity index (χ0v) is 30.5. The van der Waals surface area contributed by atoms with E-state index >= 15 is 0 Å². The van der Waals surface area contributed by atoms with Crippen LogP contribution in [0.25, 0.3) is 67.3 Å². The molecule has 0 aliphatic heterocycles. The number of nitrogens with zero attached hydrogens (tertiary/aromatic N) is 6. The van der Waals surface area contributed by atoms with Crippen LogP contribution in [0.3, 0.4) is 0 Å². The number of benzene rings is 3. The highest BCUT2D eigenvalue weighted by Crippen LogP contribution is 2.31. The van der Waals surface area contributed by atoms with Crippen LogP contribution in [0.1, 0.15) is 0 Å². The van der Waals surface area contributed by atoms with Gasteiger partial charge in [-0.1, -0.05) is 36.4 Å². The van der Waals surface area contributed by atoms with Gasteiger partial charge in [0.05, 0.1) is 72.8 Å². The number of rotatable bonds is 6. The Hall–Kier alpha value is -8.07. The maximum Gasteiger partial charge on any atom is 0.284 e. The number of hydrogen-bond acceptors (Lipinski definition) is 15. The molecular weight excluding hydrogens is 732 g/mol. The van der Waals surface area contributed by atoms with Gasteiger partial charge in [-0.15, -0.1) is 0 Å². The zero-order chi connectivity index (χ0) is 39.7. The molecule has 0 N–H and O–H groups in total. The van der Waals surface area contributed by atoms with Gasteiger partial charge in [0.25, 0.3) is 16.7 Å². The minimum atomic E-state index is -0.343. The number of hydrogen-bond donors (Lipinski definition) is 0. The molecule has 6 aromatic heterocycles. The fourth-order valence-corrected chi connectivity index (χ4v) is 5.56. The fraction of sp³-hybridized carbons (Fsp3) is 0.0714. The third-order valence-electron chi connectivity index (χ3n) is 8.29. The van der Waals surface area contributed by atoms with E-state index in [1.165, 1.54) is 37.2 Å². The summed E-state index contributed by atoms with van der Waals surface area (Å²) in [4.78, 5) is 59.5. The molecule has 282 valence electrons. The Morgan fingerprint density at radius 2 is 0.684 bits per heavy atom. The van der Waals surface area contributed by atoms with Crippen LogP contribution >= 0.6 is 0 Å². The molecule has 0 saturated carbocycles. The fourth-order valence-electron chi connectivity index (χ4n) is 5.56. The molecule has 0 aliphatic carbocycles. The van der Waals surface area contributed by atoms with E-state index in [1.807, 2.05) is 36.4 Å². The number of aromatic nitrogens is 6. The predicted octanol–water partition coefficient (Wildman–Crippen LogP) is 6.78. The normalized spacial score (nSPS) is 10.6. The second-order valence-electron chi connectivity index (χ2n) is 11.7. The molecule has 9 rings (SSSR count). The van der Waals surface area contributed by atoms with Crippen molar-refractivity contribution in [3.63, 3.8) is 0 Å². The van der Waals surface area contributed by atoms with Gasteiger partial charge in [0, 0.05) is 18.6 Å². The highest BCUT2D eigenvalue weighted by molar-refractivity contribution is 5.78. The molecule has 0 aliphatic rings. The van der Waals surface area contributed by atoms with E-state index in [9.17, 15) is 14.4 Å². The number of para-hydroxylation sites is 3. The number of ether oxygens (including phenoxy) is 3. The SMILES string of the molecule is COc1ccccc1-c1nc(=O)c2ccncc2o1.COc1ccccc1-c1nc(=O)c2ccncc2o1.COc1ccccc1-c1nc(=O)c2ccncc2o1. The first-order valence-electron chi connectivity index (χ1n) is 17.0. The van der Waals surface area contributed by atoms with Crippen molar-refractivity contribution in [2.75, 3.05) is 21.3 Å². The van der Waals surface area contributed by atoms with Crippen molar-refractivity contribution < 1.29 is 27.5 Å². The Balaban J connectivity index is 0.000000131. The minimum absolute atomic E-state index is 0.225. The molecule has 6 heterocycles. The first-order valence-corrected chi connectivity index (χ1v) is 17.0. The first-order chi connectivity index (χ1) is 27.9. The molecule has 0 unspecified atom stereocenters. The molecule has 9 aromatic rings.